The van der Waals surface area contributed by atoms with E-state index in [4.69, 9.17) is 8.94 Å². The zero-order chi connectivity index (χ0) is 14.9. The number of anilines is 2. The van der Waals surface area contributed by atoms with Crippen LogP contribution in [0.5, 0.6) is 0 Å². The molecule has 0 amide bonds. The van der Waals surface area contributed by atoms with Gasteiger partial charge < -0.3 is 14.3 Å². The molecule has 0 aliphatic rings. The van der Waals surface area contributed by atoms with Crippen molar-refractivity contribution in [2.24, 2.45) is 0 Å². The highest BCUT2D eigenvalue weighted by molar-refractivity contribution is 5.90. The molecule has 0 radical (unpaired) electrons. The lowest BCUT2D eigenvalue weighted by atomic mass is 10.1. The molecule has 3 aromatic heterocycles. The van der Waals surface area contributed by atoms with Crippen molar-refractivity contribution in [3.63, 3.8) is 0 Å². The van der Waals surface area contributed by atoms with Crippen molar-refractivity contribution in [3.8, 4) is 11.3 Å². The number of aryl methyl sites for hydroxylation is 1. The summed E-state index contributed by atoms with van der Waals surface area (Å²) in [6, 6.07) is 15.6. The lowest BCUT2D eigenvalue weighted by Gasteiger charge is -2.07. The van der Waals surface area contributed by atoms with E-state index in [1.165, 1.54) is 0 Å². The quantitative estimate of drug-likeness (QED) is 0.600. The molecule has 108 valence electrons. The van der Waals surface area contributed by atoms with Gasteiger partial charge in [0, 0.05) is 17.7 Å². The van der Waals surface area contributed by atoms with Gasteiger partial charge in [0.05, 0.1) is 17.6 Å². The lowest BCUT2D eigenvalue weighted by molar-refractivity contribution is 0.400. The predicted molar refractivity (Wildman–Crippen MR) is 84.0 cm³/mol. The third-order valence-corrected chi connectivity index (χ3v) is 3.37. The molecule has 5 nitrogen and oxygen atoms in total. The fraction of sp³-hybridized carbons (Fsp3) is 0.0588. The van der Waals surface area contributed by atoms with Crippen LogP contribution in [0.15, 0.2) is 63.7 Å². The summed E-state index contributed by atoms with van der Waals surface area (Å²) in [6.07, 6.45) is 1.63. The van der Waals surface area contributed by atoms with Gasteiger partial charge in [-0.2, -0.15) is 0 Å². The van der Waals surface area contributed by atoms with Crippen LogP contribution in [0, 0.1) is 6.92 Å². The number of nitrogens with one attached hydrogen (secondary N) is 1. The first kappa shape index (κ1) is 12.6. The molecule has 0 fully saturated rings. The standard InChI is InChI=1S/C17H13N3O2/c1-11-9-16(20-22-11)19-15-10-14(12-5-3-2-4-6-12)18-13-7-8-21-17(13)15/h2-10H,1H3,(H,18,19,20). The molecular formula is C17H13N3O2. The van der Waals surface area contributed by atoms with Crippen molar-refractivity contribution in [2.75, 3.05) is 5.32 Å². The highest BCUT2D eigenvalue weighted by Gasteiger charge is 2.11. The Morgan fingerprint density at radius 3 is 2.68 bits per heavy atom. The molecule has 3 heterocycles. The average molecular weight is 291 g/mol. The highest BCUT2D eigenvalue weighted by atomic mass is 16.5. The van der Waals surface area contributed by atoms with Gasteiger partial charge in [0.25, 0.3) is 0 Å². The van der Waals surface area contributed by atoms with E-state index in [9.17, 15) is 0 Å². The fourth-order valence-corrected chi connectivity index (χ4v) is 2.37. The van der Waals surface area contributed by atoms with Gasteiger partial charge in [0.2, 0.25) is 0 Å². The minimum Gasteiger partial charge on any atom is -0.460 e. The molecule has 5 heteroatoms. The number of nitrogens with zero attached hydrogens (tertiary/aromatic N) is 2. The van der Waals surface area contributed by atoms with E-state index < -0.39 is 0 Å². The molecule has 1 aromatic carbocycles. The number of hydrogen-bond donors (Lipinski definition) is 1. The van der Waals surface area contributed by atoms with Gasteiger partial charge in [-0.05, 0) is 13.0 Å². The average Bonchev–Trinajstić information content (AvgIpc) is 3.17. The first-order valence-electron chi connectivity index (χ1n) is 6.93. The summed E-state index contributed by atoms with van der Waals surface area (Å²) in [5.74, 6) is 1.39. The van der Waals surface area contributed by atoms with Crippen LogP contribution in [0.2, 0.25) is 0 Å². The summed E-state index contributed by atoms with van der Waals surface area (Å²) in [5, 5.41) is 7.18. The predicted octanol–water partition coefficient (Wildman–Crippen LogP) is 4.53. The van der Waals surface area contributed by atoms with E-state index in [2.05, 4.69) is 15.5 Å². The van der Waals surface area contributed by atoms with Crippen molar-refractivity contribution in [2.45, 2.75) is 6.92 Å². The number of benzene rings is 1. The summed E-state index contributed by atoms with van der Waals surface area (Å²) in [5.41, 5.74) is 4.22. The first-order valence-corrected chi connectivity index (χ1v) is 6.93. The van der Waals surface area contributed by atoms with Crippen molar-refractivity contribution in [1.82, 2.24) is 10.1 Å². The van der Waals surface area contributed by atoms with E-state index in [-0.39, 0.29) is 0 Å². The maximum atomic E-state index is 5.54. The molecule has 0 atom stereocenters. The van der Waals surface area contributed by atoms with Crippen molar-refractivity contribution in [1.29, 1.82) is 0 Å². The molecule has 1 N–H and O–H groups in total. The second-order valence-corrected chi connectivity index (χ2v) is 5.00. The molecule has 22 heavy (non-hydrogen) atoms. The monoisotopic (exact) mass is 291 g/mol. The van der Waals surface area contributed by atoms with Crippen LogP contribution >= 0.6 is 0 Å². The van der Waals surface area contributed by atoms with Crippen LogP contribution in [0.3, 0.4) is 0 Å². The second kappa shape index (κ2) is 5.04. The fourth-order valence-electron chi connectivity index (χ4n) is 2.37. The lowest BCUT2D eigenvalue weighted by Crippen LogP contribution is -1.93. The summed E-state index contributed by atoms with van der Waals surface area (Å²) >= 11 is 0. The first-order chi connectivity index (χ1) is 10.8. The van der Waals surface area contributed by atoms with Gasteiger partial charge in [-0.1, -0.05) is 35.5 Å². The third kappa shape index (κ3) is 2.22. The molecule has 0 bridgehead atoms. The number of pyridine rings is 1. The smallest absolute Gasteiger partial charge is 0.175 e. The molecule has 4 rings (SSSR count). The molecule has 0 saturated heterocycles. The van der Waals surface area contributed by atoms with Crippen LogP contribution < -0.4 is 5.32 Å². The Kier molecular flexibility index (Phi) is 2.89. The number of aromatic nitrogens is 2. The summed E-state index contributed by atoms with van der Waals surface area (Å²) < 4.78 is 10.6. The summed E-state index contributed by atoms with van der Waals surface area (Å²) in [6.45, 7) is 1.85. The van der Waals surface area contributed by atoms with Gasteiger partial charge in [0.15, 0.2) is 11.4 Å². The van der Waals surface area contributed by atoms with Crippen molar-refractivity contribution in [3.05, 3.63) is 60.6 Å². The molecule has 0 aliphatic carbocycles. The van der Waals surface area contributed by atoms with Gasteiger partial charge in [-0.25, -0.2) is 4.98 Å². The number of furan rings is 1. The maximum Gasteiger partial charge on any atom is 0.175 e. The maximum absolute atomic E-state index is 5.54. The normalized spacial score (nSPS) is 11.0. The molecule has 0 unspecified atom stereocenters. The molecule has 0 spiro atoms. The molecule has 0 aliphatic heterocycles. The van der Waals surface area contributed by atoms with Gasteiger partial charge >= 0.3 is 0 Å². The van der Waals surface area contributed by atoms with E-state index in [1.54, 1.807) is 6.26 Å². The minimum absolute atomic E-state index is 0.639. The molecule has 4 aromatic rings. The van der Waals surface area contributed by atoms with Crippen LogP contribution in [-0.2, 0) is 0 Å². The van der Waals surface area contributed by atoms with E-state index in [0.29, 0.717) is 11.4 Å². The molecular weight excluding hydrogens is 278 g/mol. The Bertz CT molecular complexity index is 925. The second-order valence-electron chi connectivity index (χ2n) is 5.00. The zero-order valence-corrected chi connectivity index (χ0v) is 11.9. The Morgan fingerprint density at radius 1 is 1.05 bits per heavy atom. The van der Waals surface area contributed by atoms with E-state index in [0.717, 1.165) is 28.2 Å². The zero-order valence-electron chi connectivity index (χ0n) is 11.9. The Morgan fingerprint density at radius 2 is 1.91 bits per heavy atom. The van der Waals surface area contributed by atoms with E-state index in [1.807, 2.05) is 55.5 Å². The van der Waals surface area contributed by atoms with Crippen LogP contribution in [0.4, 0.5) is 11.5 Å². The number of hydrogen-bond acceptors (Lipinski definition) is 5. The van der Waals surface area contributed by atoms with Gasteiger partial charge in [0.1, 0.15) is 11.3 Å². The minimum atomic E-state index is 0.639. The van der Waals surface area contributed by atoms with Crippen molar-refractivity contribution < 1.29 is 8.94 Å². The van der Waals surface area contributed by atoms with Gasteiger partial charge in [-0.15, -0.1) is 0 Å². The van der Waals surface area contributed by atoms with Gasteiger partial charge in [-0.3, -0.25) is 0 Å². The van der Waals surface area contributed by atoms with Crippen LogP contribution in [0.1, 0.15) is 5.76 Å². The van der Waals surface area contributed by atoms with Crippen LogP contribution in [-0.4, -0.2) is 10.1 Å². The largest absolute Gasteiger partial charge is 0.460 e. The summed E-state index contributed by atoms with van der Waals surface area (Å²) in [7, 11) is 0. The SMILES string of the molecule is Cc1cc(Nc2cc(-c3ccccc3)nc3ccoc23)no1. The number of rotatable bonds is 3. The summed E-state index contributed by atoms with van der Waals surface area (Å²) in [4.78, 5) is 4.64. The Labute approximate surface area is 126 Å². The Balaban J connectivity index is 1.84. The van der Waals surface area contributed by atoms with Crippen LogP contribution in [0.25, 0.3) is 22.4 Å². The van der Waals surface area contributed by atoms with Crippen molar-refractivity contribution >= 4 is 22.6 Å². The van der Waals surface area contributed by atoms with E-state index >= 15 is 0 Å². The molecule has 0 saturated carbocycles. The Hall–Kier alpha value is -3.08. The number of fused-ring (bicyclic) bond motifs is 1. The third-order valence-electron chi connectivity index (χ3n) is 3.37. The highest BCUT2D eigenvalue weighted by Crippen LogP contribution is 2.30. The topological polar surface area (TPSA) is 64.1 Å².